The molecule has 0 radical (unpaired) electrons. The number of nitrogens with zero attached hydrogens (tertiary/aromatic N) is 1. The Labute approximate surface area is 162 Å². The number of hydrogen-bond acceptors (Lipinski definition) is 4. The molecule has 0 saturated heterocycles. The molecule has 1 amide bonds. The van der Waals surface area contributed by atoms with Gasteiger partial charge in [-0.15, -0.1) is 0 Å². The molecule has 9 heteroatoms. The van der Waals surface area contributed by atoms with Crippen LogP contribution in [0.5, 0.6) is 0 Å². The second-order valence-electron chi connectivity index (χ2n) is 5.84. The summed E-state index contributed by atoms with van der Waals surface area (Å²) in [6.07, 6.45) is 0.983. The van der Waals surface area contributed by atoms with Crippen LogP contribution in [0.25, 0.3) is 5.69 Å². The third-order valence-electron chi connectivity index (χ3n) is 3.91. The maximum atomic E-state index is 13.4. The van der Waals surface area contributed by atoms with Crippen LogP contribution in [-0.4, -0.2) is 21.2 Å². The molecule has 0 unspecified atom stereocenters. The van der Waals surface area contributed by atoms with Gasteiger partial charge in [-0.05, 0) is 37.3 Å². The fourth-order valence-corrected chi connectivity index (χ4v) is 2.68. The fraction of sp³-hybridized carbons (Fsp3) is 0.0526. The molecule has 0 spiro atoms. The Kier molecular flexibility index (Phi) is 5.23. The van der Waals surface area contributed by atoms with E-state index in [1.54, 1.807) is 18.2 Å². The second kappa shape index (κ2) is 7.61. The number of carbonyl (C=O) groups is 2. The number of halogens is 2. The van der Waals surface area contributed by atoms with Crippen molar-refractivity contribution in [2.75, 3.05) is 5.32 Å². The number of ketones is 1. The molecule has 2 aromatic carbocycles. The monoisotopic (exact) mass is 401 g/mol. The summed E-state index contributed by atoms with van der Waals surface area (Å²) < 4.78 is 14.0. The van der Waals surface area contributed by atoms with Gasteiger partial charge in [0.15, 0.2) is 5.78 Å². The van der Waals surface area contributed by atoms with Crippen molar-refractivity contribution in [1.82, 2.24) is 9.55 Å². The lowest BCUT2D eigenvalue weighted by Crippen LogP contribution is -2.38. The molecule has 7 nitrogen and oxygen atoms in total. The summed E-state index contributed by atoms with van der Waals surface area (Å²) in [5, 5.41) is 2.22. The van der Waals surface area contributed by atoms with Crippen molar-refractivity contribution in [1.29, 1.82) is 0 Å². The van der Waals surface area contributed by atoms with Crippen LogP contribution in [0.3, 0.4) is 0 Å². The van der Waals surface area contributed by atoms with Gasteiger partial charge in [-0.1, -0.05) is 23.7 Å². The van der Waals surface area contributed by atoms with Crippen molar-refractivity contribution in [2.45, 2.75) is 6.92 Å². The summed E-state index contributed by atoms with van der Waals surface area (Å²) in [5.41, 5.74) is -1.38. The van der Waals surface area contributed by atoms with Gasteiger partial charge >= 0.3 is 5.69 Å². The Hall–Kier alpha value is -3.52. The number of hydrogen-bond donors (Lipinski definition) is 2. The first-order valence-corrected chi connectivity index (χ1v) is 8.38. The number of benzene rings is 2. The van der Waals surface area contributed by atoms with Crippen LogP contribution in [-0.2, 0) is 0 Å². The number of H-pyrrole nitrogens is 1. The van der Waals surface area contributed by atoms with E-state index in [0.29, 0.717) is 15.8 Å². The number of aromatic amines is 1. The lowest BCUT2D eigenvalue weighted by molar-refractivity contribution is 0.101. The minimum absolute atomic E-state index is 0.00544. The molecular formula is C19H13ClFN3O4. The average molecular weight is 402 g/mol. The normalized spacial score (nSPS) is 10.5. The Bertz CT molecular complexity index is 1220. The number of rotatable bonds is 4. The summed E-state index contributed by atoms with van der Waals surface area (Å²) in [6.45, 7) is 1.38. The second-order valence-corrected chi connectivity index (χ2v) is 6.24. The Balaban J connectivity index is 2.01. The first-order valence-electron chi connectivity index (χ1n) is 8.00. The molecule has 3 aromatic rings. The van der Waals surface area contributed by atoms with Crippen LogP contribution in [0.4, 0.5) is 10.1 Å². The minimum Gasteiger partial charge on any atom is -0.322 e. The van der Waals surface area contributed by atoms with Crippen LogP contribution >= 0.6 is 11.6 Å². The van der Waals surface area contributed by atoms with E-state index in [9.17, 15) is 23.6 Å². The Morgan fingerprint density at radius 1 is 1.14 bits per heavy atom. The quantitative estimate of drug-likeness (QED) is 0.656. The van der Waals surface area contributed by atoms with E-state index in [1.165, 1.54) is 19.1 Å². The first kappa shape index (κ1) is 19.2. The van der Waals surface area contributed by atoms with Crippen LogP contribution in [0.15, 0.2) is 58.3 Å². The summed E-state index contributed by atoms with van der Waals surface area (Å²) in [6, 6.07) is 9.48. The third-order valence-corrected chi connectivity index (χ3v) is 4.20. The zero-order valence-electron chi connectivity index (χ0n) is 14.5. The number of amides is 1. The van der Waals surface area contributed by atoms with Crippen LogP contribution in [0.2, 0.25) is 5.02 Å². The minimum atomic E-state index is -0.911. The van der Waals surface area contributed by atoms with Gasteiger partial charge in [0.1, 0.15) is 11.4 Å². The SMILES string of the molecule is CC(=O)c1cccc(NC(=O)c2c[nH]c(=O)n(-c3ccc(F)c(Cl)c3)c2=O)c1. The van der Waals surface area contributed by atoms with E-state index >= 15 is 0 Å². The van der Waals surface area contributed by atoms with Crippen molar-refractivity contribution in [2.24, 2.45) is 0 Å². The molecule has 1 aromatic heterocycles. The van der Waals surface area contributed by atoms with E-state index in [2.05, 4.69) is 10.3 Å². The van der Waals surface area contributed by atoms with E-state index in [-0.39, 0.29) is 22.1 Å². The molecule has 0 fully saturated rings. The van der Waals surface area contributed by atoms with Gasteiger partial charge in [-0.2, -0.15) is 0 Å². The number of Topliss-reactive ketones (excluding diaryl/α,β-unsaturated/α-hetero) is 1. The van der Waals surface area contributed by atoms with E-state index < -0.39 is 23.0 Å². The van der Waals surface area contributed by atoms with Crippen molar-refractivity contribution in [3.8, 4) is 5.69 Å². The highest BCUT2D eigenvalue weighted by Gasteiger charge is 2.17. The average Bonchev–Trinajstić information content (AvgIpc) is 2.64. The van der Waals surface area contributed by atoms with Crippen LogP contribution in [0.1, 0.15) is 27.6 Å². The molecule has 0 bridgehead atoms. The predicted molar refractivity (Wildman–Crippen MR) is 102 cm³/mol. The standard InChI is InChI=1S/C19H13ClFN3O4/c1-10(25)11-3-2-4-12(7-11)23-17(26)14-9-22-19(28)24(18(14)27)13-5-6-16(21)15(20)8-13/h2-9H,1H3,(H,22,28)(H,23,26). The molecule has 0 aliphatic carbocycles. The highest BCUT2D eigenvalue weighted by molar-refractivity contribution is 6.30. The first-order chi connectivity index (χ1) is 13.3. The number of carbonyl (C=O) groups excluding carboxylic acids is 2. The molecule has 28 heavy (non-hydrogen) atoms. The lowest BCUT2D eigenvalue weighted by Gasteiger charge is -2.09. The Morgan fingerprint density at radius 2 is 1.89 bits per heavy atom. The van der Waals surface area contributed by atoms with Crippen LogP contribution in [0, 0.1) is 5.82 Å². The van der Waals surface area contributed by atoms with E-state index in [1.807, 2.05) is 0 Å². The molecule has 0 atom stereocenters. The van der Waals surface area contributed by atoms with Gasteiger partial charge in [-0.3, -0.25) is 14.4 Å². The van der Waals surface area contributed by atoms with Gasteiger partial charge in [0.05, 0.1) is 10.7 Å². The number of aromatic nitrogens is 2. The molecule has 0 aliphatic heterocycles. The zero-order valence-corrected chi connectivity index (χ0v) is 15.2. The molecule has 142 valence electrons. The van der Waals surface area contributed by atoms with Gasteiger partial charge in [0.25, 0.3) is 11.5 Å². The maximum Gasteiger partial charge on any atom is 0.333 e. The summed E-state index contributed by atoms with van der Waals surface area (Å²) in [5.74, 6) is -1.69. The summed E-state index contributed by atoms with van der Waals surface area (Å²) >= 11 is 5.71. The molecule has 2 N–H and O–H groups in total. The van der Waals surface area contributed by atoms with Crippen LogP contribution < -0.4 is 16.6 Å². The lowest BCUT2D eigenvalue weighted by atomic mass is 10.1. The van der Waals surface area contributed by atoms with Gasteiger partial charge < -0.3 is 10.3 Å². The van der Waals surface area contributed by atoms with Crippen molar-refractivity contribution < 1.29 is 14.0 Å². The van der Waals surface area contributed by atoms with E-state index in [0.717, 1.165) is 18.3 Å². The fourth-order valence-electron chi connectivity index (χ4n) is 2.51. The number of nitrogens with one attached hydrogen (secondary N) is 2. The van der Waals surface area contributed by atoms with Gasteiger partial charge in [-0.25, -0.2) is 13.8 Å². The van der Waals surface area contributed by atoms with Crippen molar-refractivity contribution in [3.05, 3.63) is 91.5 Å². The molecule has 3 rings (SSSR count). The van der Waals surface area contributed by atoms with Gasteiger partial charge in [0.2, 0.25) is 0 Å². The third kappa shape index (κ3) is 3.77. The maximum absolute atomic E-state index is 13.4. The number of anilines is 1. The Morgan fingerprint density at radius 3 is 2.57 bits per heavy atom. The van der Waals surface area contributed by atoms with Crippen molar-refractivity contribution in [3.63, 3.8) is 0 Å². The largest absolute Gasteiger partial charge is 0.333 e. The zero-order chi connectivity index (χ0) is 20.4. The smallest absolute Gasteiger partial charge is 0.322 e. The summed E-state index contributed by atoms with van der Waals surface area (Å²) in [4.78, 5) is 51.0. The molecule has 1 heterocycles. The highest BCUT2D eigenvalue weighted by atomic mass is 35.5. The molecule has 0 aliphatic rings. The van der Waals surface area contributed by atoms with Gasteiger partial charge in [0, 0.05) is 17.4 Å². The highest BCUT2D eigenvalue weighted by Crippen LogP contribution is 2.17. The predicted octanol–water partition coefficient (Wildman–Crippen LogP) is 2.77. The van der Waals surface area contributed by atoms with Crippen molar-refractivity contribution >= 4 is 29.0 Å². The topological polar surface area (TPSA) is 101 Å². The summed E-state index contributed by atoms with van der Waals surface area (Å²) in [7, 11) is 0. The molecule has 0 saturated carbocycles. The van der Waals surface area contributed by atoms with E-state index in [4.69, 9.17) is 11.6 Å². The molecular weight excluding hydrogens is 389 g/mol.